The second kappa shape index (κ2) is 7.55. The van der Waals surface area contributed by atoms with Gasteiger partial charge in [0.1, 0.15) is 5.82 Å². The summed E-state index contributed by atoms with van der Waals surface area (Å²) in [5, 5.41) is 8.24. The average molecular weight is 283 g/mol. The summed E-state index contributed by atoms with van der Waals surface area (Å²) < 4.78 is 0. The monoisotopic (exact) mass is 283 g/mol. The second-order valence-electron chi connectivity index (χ2n) is 5.00. The van der Waals surface area contributed by atoms with E-state index in [4.69, 9.17) is 0 Å². The highest BCUT2D eigenvalue weighted by Gasteiger charge is 2.22. The Labute approximate surface area is 125 Å². The number of hydrogen-bond acceptors (Lipinski definition) is 3. The number of carbonyl (C=O) groups is 1. The summed E-state index contributed by atoms with van der Waals surface area (Å²) in [7, 11) is 0. The van der Waals surface area contributed by atoms with Crippen LogP contribution in [0.3, 0.4) is 0 Å². The first-order chi connectivity index (χ1) is 10.2. The molecule has 1 amide bonds. The van der Waals surface area contributed by atoms with Crippen LogP contribution in [0.4, 0.5) is 5.82 Å². The van der Waals surface area contributed by atoms with Crippen LogP contribution in [0.2, 0.25) is 0 Å². The van der Waals surface area contributed by atoms with E-state index in [0.29, 0.717) is 5.82 Å². The highest BCUT2D eigenvalue weighted by molar-refractivity contribution is 5.94. The summed E-state index contributed by atoms with van der Waals surface area (Å²) in [5.41, 5.74) is 0. The molecular weight excluding hydrogens is 262 g/mol. The quantitative estimate of drug-likeness (QED) is 0.833. The van der Waals surface area contributed by atoms with Crippen LogP contribution in [0.5, 0.6) is 0 Å². The van der Waals surface area contributed by atoms with Gasteiger partial charge in [0, 0.05) is 18.1 Å². The molecule has 21 heavy (non-hydrogen) atoms. The molecule has 4 heteroatoms. The number of benzene rings is 1. The van der Waals surface area contributed by atoms with Crippen LogP contribution in [-0.2, 0) is 4.79 Å². The third-order valence-corrected chi connectivity index (χ3v) is 3.31. The van der Waals surface area contributed by atoms with Crippen LogP contribution >= 0.6 is 0 Å². The zero-order chi connectivity index (χ0) is 15.1. The molecule has 1 aromatic heterocycles. The minimum Gasteiger partial charge on any atom is -0.316 e. The smallest absolute Gasteiger partial charge is 0.229 e. The Balaban J connectivity index is 0.000000497. The predicted octanol–water partition coefficient (Wildman–Crippen LogP) is 2.98. The van der Waals surface area contributed by atoms with Gasteiger partial charge in [0.25, 0.3) is 0 Å². The number of hydrogen-bond donors (Lipinski definition) is 2. The van der Waals surface area contributed by atoms with Crippen LogP contribution in [-0.4, -0.2) is 24.0 Å². The first-order valence-electron chi connectivity index (χ1n) is 7.18. The molecule has 1 fully saturated rings. The van der Waals surface area contributed by atoms with Gasteiger partial charge < -0.3 is 10.6 Å². The Hall–Kier alpha value is -2.20. The molecule has 1 saturated heterocycles. The normalized spacial score (nSPS) is 16.9. The number of carbonyl (C=O) groups excluding carboxylic acids is 1. The van der Waals surface area contributed by atoms with Crippen molar-refractivity contribution in [1.82, 2.24) is 10.3 Å². The Morgan fingerprint density at radius 2 is 2.14 bits per heavy atom. The number of aromatic nitrogens is 1. The Bertz CT molecular complexity index is 618. The maximum absolute atomic E-state index is 12.0. The summed E-state index contributed by atoms with van der Waals surface area (Å²) in [5.74, 6) is 0.756. The number of pyridine rings is 1. The first kappa shape index (κ1) is 15.2. The van der Waals surface area contributed by atoms with E-state index in [0.717, 1.165) is 30.3 Å². The number of allylic oxidation sites excluding steroid dienone is 1. The summed E-state index contributed by atoms with van der Waals surface area (Å²) in [6, 6.07) is 9.90. The van der Waals surface area contributed by atoms with Crippen molar-refractivity contribution in [3.63, 3.8) is 0 Å². The fourth-order valence-corrected chi connectivity index (χ4v) is 2.26. The van der Waals surface area contributed by atoms with Crippen LogP contribution in [0, 0.1) is 5.92 Å². The van der Waals surface area contributed by atoms with Crippen molar-refractivity contribution in [1.29, 1.82) is 0 Å². The summed E-state index contributed by atoms with van der Waals surface area (Å²) >= 11 is 0. The van der Waals surface area contributed by atoms with Gasteiger partial charge in [-0.25, -0.2) is 4.98 Å². The van der Waals surface area contributed by atoms with Gasteiger partial charge in [-0.05, 0) is 31.3 Å². The van der Waals surface area contributed by atoms with Crippen molar-refractivity contribution >= 4 is 22.5 Å². The van der Waals surface area contributed by atoms with E-state index in [2.05, 4.69) is 22.2 Å². The van der Waals surface area contributed by atoms with Crippen molar-refractivity contribution < 1.29 is 4.79 Å². The third kappa shape index (κ3) is 4.13. The molecule has 2 N–H and O–H groups in total. The molecule has 1 unspecified atom stereocenters. The fraction of sp³-hybridized carbons (Fsp3) is 0.294. The Morgan fingerprint density at radius 3 is 2.81 bits per heavy atom. The van der Waals surface area contributed by atoms with Gasteiger partial charge in [-0.1, -0.05) is 30.3 Å². The van der Waals surface area contributed by atoms with E-state index in [1.54, 1.807) is 12.3 Å². The molecule has 0 radical (unpaired) electrons. The SMILES string of the molecule is C=CC.O=C(Nc1cc2ccccc2cn1)C1CCNC1. The molecule has 3 rings (SSSR count). The average Bonchev–Trinajstić information content (AvgIpc) is 3.02. The van der Waals surface area contributed by atoms with Gasteiger partial charge in [-0.3, -0.25) is 4.79 Å². The molecule has 2 aromatic rings. The number of fused-ring (bicyclic) bond motifs is 1. The number of nitrogens with zero attached hydrogens (tertiary/aromatic N) is 1. The molecule has 0 aliphatic carbocycles. The van der Waals surface area contributed by atoms with Crippen molar-refractivity contribution in [2.75, 3.05) is 18.4 Å². The lowest BCUT2D eigenvalue weighted by Gasteiger charge is -2.09. The molecule has 0 spiro atoms. The van der Waals surface area contributed by atoms with Gasteiger partial charge >= 0.3 is 0 Å². The lowest BCUT2D eigenvalue weighted by Crippen LogP contribution is -2.25. The largest absolute Gasteiger partial charge is 0.316 e. The molecule has 1 aliphatic rings. The highest BCUT2D eigenvalue weighted by Crippen LogP contribution is 2.17. The molecule has 0 saturated carbocycles. The summed E-state index contributed by atoms with van der Waals surface area (Å²) in [6.45, 7) is 6.93. The molecular formula is C17H21N3O. The Morgan fingerprint density at radius 1 is 1.43 bits per heavy atom. The van der Waals surface area contributed by atoms with Gasteiger partial charge in [-0.2, -0.15) is 0 Å². The van der Waals surface area contributed by atoms with E-state index < -0.39 is 0 Å². The van der Waals surface area contributed by atoms with Gasteiger partial charge in [0.05, 0.1) is 5.92 Å². The zero-order valence-electron chi connectivity index (χ0n) is 12.3. The van der Waals surface area contributed by atoms with E-state index in [1.807, 2.05) is 37.3 Å². The molecule has 1 aromatic carbocycles. The number of anilines is 1. The highest BCUT2D eigenvalue weighted by atomic mass is 16.2. The molecule has 1 atom stereocenters. The van der Waals surface area contributed by atoms with Gasteiger partial charge in [0.2, 0.25) is 5.91 Å². The molecule has 2 heterocycles. The predicted molar refractivity (Wildman–Crippen MR) is 87.2 cm³/mol. The van der Waals surface area contributed by atoms with Crippen molar-refractivity contribution in [3.05, 3.63) is 49.2 Å². The van der Waals surface area contributed by atoms with Crippen molar-refractivity contribution in [3.8, 4) is 0 Å². The van der Waals surface area contributed by atoms with Crippen molar-refractivity contribution in [2.24, 2.45) is 5.92 Å². The number of amides is 1. The van der Waals surface area contributed by atoms with Crippen LogP contribution in [0.25, 0.3) is 10.8 Å². The molecule has 110 valence electrons. The van der Waals surface area contributed by atoms with Crippen LogP contribution < -0.4 is 10.6 Å². The minimum atomic E-state index is 0.0581. The Kier molecular flexibility index (Phi) is 5.46. The topological polar surface area (TPSA) is 54.0 Å². The van der Waals surface area contributed by atoms with E-state index >= 15 is 0 Å². The lowest BCUT2D eigenvalue weighted by molar-refractivity contribution is -0.119. The molecule has 4 nitrogen and oxygen atoms in total. The lowest BCUT2D eigenvalue weighted by atomic mass is 10.1. The maximum atomic E-state index is 12.0. The zero-order valence-corrected chi connectivity index (χ0v) is 12.3. The third-order valence-electron chi connectivity index (χ3n) is 3.31. The number of rotatable bonds is 2. The summed E-state index contributed by atoms with van der Waals surface area (Å²) in [4.78, 5) is 16.2. The van der Waals surface area contributed by atoms with E-state index in [-0.39, 0.29) is 11.8 Å². The minimum absolute atomic E-state index is 0.0581. The first-order valence-corrected chi connectivity index (χ1v) is 7.18. The van der Waals surface area contributed by atoms with Crippen LogP contribution in [0.15, 0.2) is 49.2 Å². The van der Waals surface area contributed by atoms with E-state index in [1.165, 1.54) is 0 Å². The maximum Gasteiger partial charge on any atom is 0.229 e. The standard InChI is InChI=1S/C14H15N3O.C3H6/c18-14(12-5-6-15-8-12)17-13-7-10-3-1-2-4-11(10)9-16-13;1-3-2/h1-4,7,9,12,15H,5-6,8H2,(H,16,17,18);3H,1H2,2H3. The van der Waals surface area contributed by atoms with Gasteiger partial charge in [0.15, 0.2) is 0 Å². The van der Waals surface area contributed by atoms with Crippen LogP contribution in [0.1, 0.15) is 13.3 Å². The summed E-state index contributed by atoms with van der Waals surface area (Å²) in [6.07, 6.45) is 4.44. The van der Waals surface area contributed by atoms with Crippen molar-refractivity contribution in [2.45, 2.75) is 13.3 Å². The van der Waals surface area contributed by atoms with Gasteiger partial charge in [-0.15, -0.1) is 6.58 Å². The molecule has 0 bridgehead atoms. The van der Waals surface area contributed by atoms with E-state index in [9.17, 15) is 4.79 Å². The number of nitrogens with one attached hydrogen (secondary N) is 2. The molecule has 1 aliphatic heterocycles. The fourth-order valence-electron chi connectivity index (χ4n) is 2.26. The second-order valence-corrected chi connectivity index (χ2v) is 5.00.